The van der Waals surface area contributed by atoms with E-state index in [9.17, 15) is 18.0 Å². The van der Waals surface area contributed by atoms with Gasteiger partial charge in [0.25, 0.3) is 10.0 Å². The van der Waals surface area contributed by atoms with Crippen molar-refractivity contribution in [2.75, 3.05) is 18.0 Å². The van der Waals surface area contributed by atoms with E-state index in [4.69, 9.17) is 4.74 Å². The Kier molecular flexibility index (Phi) is 10.4. The summed E-state index contributed by atoms with van der Waals surface area (Å²) in [5.41, 5.74) is 3.31. The minimum Gasteiger partial charge on any atom is -0.497 e. The summed E-state index contributed by atoms with van der Waals surface area (Å²) in [5.74, 6) is -0.123. The molecule has 3 rings (SSSR count). The van der Waals surface area contributed by atoms with Gasteiger partial charge < -0.3 is 15.0 Å². The molecule has 1 atom stereocenters. The minimum absolute atomic E-state index is 0.0827. The summed E-state index contributed by atoms with van der Waals surface area (Å²) < 4.78 is 34.6. The van der Waals surface area contributed by atoms with Gasteiger partial charge in [-0.2, -0.15) is 0 Å². The Labute approximate surface area is 250 Å². The molecule has 9 heteroatoms. The van der Waals surface area contributed by atoms with Crippen LogP contribution in [0.5, 0.6) is 5.75 Å². The highest BCUT2D eigenvalue weighted by Gasteiger charge is 2.34. The van der Waals surface area contributed by atoms with E-state index < -0.39 is 34.1 Å². The smallest absolute Gasteiger partial charge is 0.264 e. The number of amides is 2. The van der Waals surface area contributed by atoms with Crippen molar-refractivity contribution in [2.24, 2.45) is 0 Å². The second-order valence-electron chi connectivity index (χ2n) is 11.7. The lowest BCUT2D eigenvalue weighted by Crippen LogP contribution is -2.55. The minimum atomic E-state index is -4.13. The molecule has 2 amide bonds. The van der Waals surface area contributed by atoms with E-state index in [-0.39, 0.29) is 17.3 Å². The Morgan fingerprint density at radius 3 is 1.95 bits per heavy atom. The predicted octanol–water partition coefficient (Wildman–Crippen LogP) is 5.54. The van der Waals surface area contributed by atoms with Crippen LogP contribution in [0.2, 0.25) is 0 Å². The summed E-state index contributed by atoms with van der Waals surface area (Å²) in [6.45, 7) is 12.8. The Hall–Kier alpha value is -3.85. The maximum atomic E-state index is 14.2. The number of methoxy groups -OCH3 is 1. The van der Waals surface area contributed by atoms with Gasteiger partial charge in [-0.15, -0.1) is 0 Å². The van der Waals surface area contributed by atoms with Gasteiger partial charge >= 0.3 is 0 Å². The molecule has 0 aromatic heterocycles. The third kappa shape index (κ3) is 8.35. The number of benzene rings is 3. The van der Waals surface area contributed by atoms with Crippen molar-refractivity contribution >= 4 is 27.5 Å². The van der Waals surface area contributed by atoms with E-state index in [0.29, 0.717) is 17.9 Å². The molecule has 0 aliphatic heterocycles. The molecule has 3 aromatic carbocycles. The first kappa shape index (κ1) is 32.7. The van der Waals surface area contributed by atoms with Gasteiger partial charge in [-0.25, -0.2) is 8.42 Å². The molecule has 0 bridgehead atoms. The number of nitrogens with zero attached hydrogens (tertiary/aromatic N) is 2. The maximum Gasteiger partial charge on any atom is 0.264 e. The number of carbonyl (C=O) groups is 2. The zero-order valence-electron chi connectivity index (χ0n) is 25.9. The second-order valence-corrected chi connectivity index (χ2v) is 13.6. The summed E-state index contributed by atoms with van der Waals surface area (Å²) in [7, 11) is -2.55. The third-order valence-corrected chi connectivity index (χ3v) is 8.57. The Bertz CT molecular complexity index is 1470. The van der Waals surface area contributed by atoms with Crippen molar-refractivity contribution in [3.05, 3.63) is 89.0 Å². The number of nitrogens with one attached hydrogen (secondary N) is 1. The van der Waals surface area contributed by atoms with Crippen LogP contribution in [0.4, 0.5) is 5.69 Å². The second kappa shape index (κ2) is 13.4. The monoisotopic (exact) mass is 593 g/mol. The van der Waals surface area contributed by atoms with Gasteiger partial charge in [-0.1, -0.05) is 42.8 Å². The number of anilines is 1. The maximum absolute atomic E-state index is 14.2. The molecule has 0 aliphatic rings. The van der Waals surface area contributed by atoms with Crippen molar-refractivity contribution < 1.29 is 22.7 Å². The van der Waals surface area contributed by atoms with Crippen LogP contribution >= 0.6 is 0 Å². The molecular formula is C33H43N3O5S. The molecule has 0 saturated carbocycles. The highest BCUT2D eigenvalue weighted by Crippen LogP contribution is 2.27. The molecule has 42 heavy (non-hydrogen) atoms. The van der Waals surface area contributed by atoms with E-state index in [0.717, 1.165) is 26.6 Å². The average molecular weight is 594 g/mol. The van der Waals surface area contributed by atoms with Gasteiger partial charge in [0.1, 0.15) is 18.3 Å². The number of hydrogen-bond donors (Lipinski definition) is 1. The van der Waals surface area contributed by atoms with Gasteiger partial charge in [0.05, 0.1) is 17.7 Å². The molecule has 0 saturated heterocycles. The van der Waals surface area contributed by atoms with Crippen molar-refractivity contribution in [1.29, 1.82) is 0 Å². The number of rotatable bonds is 11. The predicted molar refractivity (Wildman–Crippen MR) is 167 cm³/mol. The van der Waals surface area contributed by atoms with E-state index in [1.165, 1.54) is 4.90 Å². The van der Waals surface area contributed by atoms with E-state index in [1.807, 2.05) is 66.7 Å². The fourth-order valence-electron chi connectivity index (χ4n) is 4.76. The van der Waals surface area contributed by atoms with E-state index >= 15 is 0 Å². The molecule has 0 fully saturated rings. The zero-order valence-corrected chi connectivity index (χ0v) is 26.7. The number of ether oxygens (including phenoxy) is 1. The molecule has 0 heterocycles. The van der Waals surface area contributed by atoms with Crippen LogP contribution in [0.1, 0.15) is 56.4 Å². The van der Waals surface area contributed by atoms with Crippen LogP contribution in [0.25, 0.3) is 0 Å². The first-order valence-corrected chi connectivity index (χ1v) is 15.5. The summed E-state index contributed by atoms with van der Waals surface area (Å²) in [6.07, 6.45) is 0.345. The van der Waals surface area contributed by atoms with Crippen LogP contribution in [-0.4, -0.2) is 50.4 Å². The highest BCUT2D eigenvalue weighted by molar-refractivity contribution is 7.92. The number of aryl methyl sites for hydroxylation is 3. The molecule has 1 N–H and O–H groups in total. The highest BCUT2D eigenvalue weighted by atomic mass is 32.2. The molecule has 0 unspecified atom stereocenters. The van der Waals surface area contributed by atoms with Crippen LogP contribution in [0.3, 0.4) is 0 Å². The van der Waals surface area contributed by atoms with Crippen molar-refractivity contribution in [2.45, 2.75) is 77.9 Å². The zero-order chi connectivity index (χ0) is 31.2. The van der Waals surface area contributed by atoms with Crippen molar-refractivity contribution in [1.82, 2.24) is 10.2 Å². The first-order valence-electron chi connectivity index (χ1n) is 14.1. The quantitative estimate of drug-likeness (QED) is 0.315. The van der Waals surface area contributed by atoms with Gasteiger partial charge in [-0.05, 0) is 101 Å². The molecule has 226 valence electrons. The molecule has 3 aromatic rings. The normalized spacial score (nSPS) is 12.4. The summed E-state index contributed by atoms with van der Waals surface area (Å²) in [4.78, 5) is 29.3. The lowest BCUT2D eigenvalue weighted by Gasteiger charge is -2.35. The topological polar surface area (TPSA) is 96.0 Å². The van der Waals surface area contributed by atoms with E-state index in [2.05, 4.69) is 5.32 Å². The Balaban J connectivity index is 2.10. The first-order chi connectivity index (χ1) is 19.6. The van der Waals surface area contributed by atoms with Gasteiger partial charge in [0, 0.05) is 12.1 Å². The van der Waals surface area contributed by atoms with Crippen molar-refractivity contribution in [3.63, 3.8) is 0 Å². The van der Waals surface area contributed by atoms with Gasteiger partial charge in [0.15, 0.2) is 0 Å². The number of hydrogen-bond acceptors (Lipinski definition) is 5. The van der Waals surface area contributed by atoms with Crippen LogP contribution < -0.4 is 14.4 Å². The van der Waals surface area contributed by atoms with Gasteiger partial charge in [-0.3, -0.25) is 13.9 Å². The van der Waals surface area contributed by atoms with E-state index in [1.54, 1.807) is 55.6 Å². The van der Waals surface area contributed by atoms with Crippen LogP contribution in [-0.2, 0) is 26.2 Å². The fourth-order valence-corrected chi connectivity index (χ4v) is 6.16. The summed E-state index contributed by atoms with van der Waals surface area (Å²) in [5, 5.41) is 2.99. The van der Waals surface area contributed by atoms with Crippen LogP contribution in [0, 0.1) is 20.8 Å². The largest absolute Gasteiger partial charge is 0.497 e. The van der Waals surface area contributed by atoms with Gasteiger partial charge in [0.2, 0.25) is 11.8 Å². The lowest BCUT2D eigenvalue weighted by atomic mass is 10.1. The Morgan fingerprint density at radius 1 is 0.881 bits per heavy atom. The fraction of sp³-hybridized carbons (Fsp3) is 0.394. The molecule has 0 spiro atoms. The molecule has 0 radical (unpaired) electrons. The Morgan fingerprint density at radius 2 is 1.45 bits per heavy atom. The standard InChI is InChI=1S/C33H43N3O5S/c1-9-30(32(38)34-33(5,6)7)35(21-26-12-14-28(41-8)15-13-26)31(37)22-36(27-19-24(3)18-25(4)20-27)42(39,40)29-16-10-23(2)11-17-29/h10-20,30H,9,21-22H2,1-8H3,(H,34,38)/t30-/m0/s1. The number of sulfonamides is 1. The SMILES string of the molecule is CC[C@@H](C(=O)NC(C)(C)C)N(Cc1ccc(OC)cc1)C(=O)CN(c1cc(C)cc(C)c1)S(=O)(=O)c1ccc(C)cc1. The summed E-state index contributed by atoms with van der Waals surface area (Å²) in [6, 6.07) is 18.4. The molecule has 0 aliphatic carbocycles. The van der Waals surface area contributed by atoms with Crippen LogP contribution in [0.15, 0.2) is 71.6 Å². The molecular weight excluding hydrogens is 550 g/mol. The third-order valence-electron chi connectivity index (χ3n) is 6.78. The average Bonchev–Trinajstić information content (AvgIpc) is 2.90. The summed E-state index contributed by atoms with van der Waals surface area (Å²) >= 11 is 0. The van der Waals surface area contributed by atoms with Crippen molar-refractivity contribution in [3.8, 4) is 5.75 Å². The number of carbonyl (C=O) groups excluding carboxylic acids is 2. The molecule has 8 nitrogen and oxygen atoms in total. The lowest BCUT2D eigenvalue weighted by molar-refractivity contribution is -0.141.